The van der Waals surface area contributed by atoms with Gasteiger partial charge in [0.25, 0.3) is 0 Å². The highest BCUT2D eigenvalue weighted by molar-refractivity contribution is 5.85. The van der Waals surface area contributed by atoms with Crippen molar-refractivity contribution < 1.29 is 0 Å². The molecule has 0 aliphatic heterocycles. The molecule has 0 rings (SSSR count). The van der Waals surface area contributed by atoms with Gasteiger partial charge in [0.1, 0.15) is 0 Å². The normalized spacial score (nSPS) is 13.1. The number of hydrogen-bond acceptors (Lipinski definition) is 1. The molecule has 0 saturated carbocycles. The molecule has 2 N–H and O–H groups in total. The molecule has 2 heteroatoms. The zero-order valence-corrected chi connectivity index (χ0v) is 15.4. The number of rotatable bonds is 13. The highest BCUT2D eigenvalue weighted by Crippen LogP contribution is 2.20. The summed E-state index contributed by atoms with van der Waals surface area (Å²) in [5.41, 5.74) is 6.11. The van der Waals surface area contributed by atoms with Crippen molar-refractivity contribution >= 4 is 12.4 Å². The Morgan fingerprint density at radius 3 is 1.45 bits per heavy atom. The molecule has 0 fully saturated rings. The fraction of sp³-hybridized carbons (Fsp3) is 1.00. The highest BCUT2D eigenvalue weighted by Gasteiger charge is 2.19. The van der Waals surface area contributed by atoms with Crippen molar-refractivity contribution in [1.29, 1.82) is 0 Å². The van der Waals surface area contributed by atoms with Crippen LogP contribution >= 0.6 is 12.4 Å². The van der Waals surface area contributed by atoms with E-state index in [0.717, 1.165) is 0 Å². The fourth-order valence-electron chi connectivity index (χ4n) is 2.49. The van der Waals surface area contributed by atoms with Crippen molar-refractivity contribution in [3.63, 3.8) is 0 Å². The summed E-state index contributed by atoms with van der Waals surface area (Å²) in [5.74, 6) is 0.645. The van der Waals surface area contributed by atoms with Gasteiger partial charge in [-0.2, -0.15) is 0 Å². The summed E-state index contributed by atoms with van der Waals surface area (Å²) in [6, 6.07) is 0. The van der Waals surface area contributed by atoms with E-state index in [1.165, 1.54) is 77.0 Å². The topological polar surface area (TPSA) is 26.0 Å². The molecule has 0 aliphatic carbocycles. The van der Waals surface area contributed by atoms with E-state index in [-0.39, 0.29) is 17.9 Å². The lowest BCUT2D eigenvalue weighted by molar-refractivity contribution is 0.316. The first-order chi connectivity index (χ1) is 8.98. The molecule has 1 nitrogen and oxygen atoms in total. The number of hydrogen-bond donors (Lipinski definition) is 1. The number of unbranched alkanes of at least 4 members (excludes halogenated alkanes) is 10. The van der Waals surface area contributed by atoms with Gasteiger partial charge in [-0.1, -0.05) is 84.5 Å². The van der Waals surface area contributed by atoms with Crippen LogP contribution in [0.15, 0.2) is 0 Å². The molecule has 1 atom stereocenters. The van der Waals surface area contributed by atoms with Gasteiger partial charge in [-0.05, 0) is 26.2 Å². The smallest absolute Gasteiger partial charge is 0.0123 e. The van der Waals surface area contributed by atoms with Crippen LogP contribution < -0.4 is 5.73 Å². The largest absolute Gasteiger partial charge is 0.325 e. The quantitative estimate of drug-likeness (QED) is 0.387. The van der Waals surface area contributed by atoms with Crippen molar-refractivity contribution in [3.8, 4) is 0 Å². The van der Waals surface area contributed by atoms with Crippen molar-refractivity contribution in [1.82, 2.24) is 0 Å². The predicted octanol–water partition coefficient (Wildman–Crippen LogP) is 6.48. The molecule has 0 aromatic carbocycles. The van der Waals surface area contributed by atoms with E-state index in [1.807, 2.05) is 0 Å². The standard InChI is InChI=1S/C18H39N.ClH/c1-5-6-7-8-9-10-11-12-13-14-15-16-17(2)18(3,4)19;/h17H,5-16,19H2,1-4H3;1H. The minimum Gasteiger partial charge on any atom is -0.325 e. The minimum atomic E-state index is -0.00150. The van der Waals surface area contributed by atoms with Crippen LogP contribution in [0.1, 0.15) is 105 Å². The summed E-state index contributed by atoms with van der Waals surface area (Å²) in [6.45, 7) is 8.87. The predicted molar refractivity (Wildman–Crippen MR) is 95.8 cm³/mol. The second-order valence-corrected chi connectivity index (χ2v) is 7.05. The van der Waals surface area contributed by atoms with Crippen molar-refractivity contribution in [2.45, 2.75) is 110 Å². The second-order valence-electron chi connectivity index (χ2n) is 7.05. The first-order valence-corrected chi connectivity index (χ1v) is 8.77. The van der Waals surface area contributed by atoms with Gasteiger partial charge in [0.2, 0.25) is 0 Å². The molecule has 1 unspecified atom stereocenters. The van der Waals surface area contributed by atoms with Gasteiger partial charge in [-0.15, -0.1) is 12.4 Å². The van der Waals surface area contributed by atoms with E-state index >= 15 is 0 Å². The molecule has 0 aromatic heterocycles. The van der Waals surface area contributed by atoms with Crippen molar-refractivity contribution in [3.05, 3.63) is 0 Å². The lowest BCUT2D eigenvalue weighted by Gasteiger charge is -2.27. The molecule has 0 amide bonds. The first-order valence-electron chi connectivity index (χ1n) is 8.77. The molecule has 0 aromatic rings. The minimum absolute atomic E-state index is 0. The monoisotopic (exact) mass is 305 g/mol. The molecule has 0 aliphatic rings. The molecule has 20 heavy (non-hydrogen) atoms. The molecule has 0 radical (unpaired) electrons. The van der Waals surface area contributed by atoms with Crippen molar-refractivity contribution in [2.75, 3.05) is 0 Å². The zero-order valence-electron chi connectivity index (χ0n) is 14.5. The molecular formula is C18H40ClN. The Hall–Kier alpha value is 0.250. The van der Waals surface area contributed by atoms with Crippen LogP contribution in [0.4, 0.5) is 0 Å². The van der Waals surface area contributed by atoms with E-state index in [2.05, 4.69) is 27.7 Å². The lowest BCUT2D eigenvalue weighted by atomic mass is 9.86. The summed E-state index contributed by atoms with van der Waals surface area (Å²) in [5, 5.41) is 0. The van der Waals surface area contributed by atoms with Crippen LogP contribution in [0.3, 0.4) is 0 Å². The number of nitrogens with two attached hydrogens (primary N) is 1. The van der Waals surface area contributed by atoms with Gasteiger partial charge in [0, 0.05) is 5.54 Å². The molecular weight excluding hydrogens is 266 g/mol. The maximum absolute atomic E-state index is 6.11. The Morgan fingerprint density at radius 1 is 0.750 bits per heavy atom. The summed E-state index contributed by atoms with van der Waals surface area (Å²) in [4.78, 5) is 0. The molecule has 0 bridgehead atoms. The Balaban J connectivity index is 0. The molecule has 124 valence electrons. The van der Waals surface area contributed by atoms with Crippen LogP contribution in [0.25, 0.3) is 0 Å². The van der Waals surface area contributed by atoms with E-state index in [4.69, 9.17) is 5.73 Å². The van der Waals surface area contributed by atoms with E-state index in [1.54, 1.807) is 0 Å². The van der Waals surface area contributed by atoms with Gasteiger partial charge in [0.05, 0.1) is 0 Å². The third-order valence-electron chi connectivity index (χ3n) is 4.51. The lowest BCUT2D eigenvalue weighted by Crippen LogP contribution is -2.39. The van der Waals surface area contributed by atoms with E-state index in [0.29, 0.717) is 5.92 Å². The number of halogens is 1. The Morgan fingerprint density at radius 2 is 1.10 bits per heavy atom. The summed E-state index contributed by atoms with van der Waals surface area (Å²) >= 11 is 0. The third-order valence-corrected chi connectivity index (χ3v) is 4.51. The molecule has 0 spiro atoms. The Bertz CT molecular complexity index is 186. The fourth-order valence-corrected chi connectivity index (χ4v) is 2.49. The van der Waals surface area contributed by atoms with Crippen LogP contribution in [0, 0.1) is 5.92 Å². The van der Waals surface area contributed by atoms with E-state index < -0.39 is 0 Å². The molecule has 0 heterocycles. The average molecular weight is 306 g/mol. The maximum Gasteiger partial charge on any atom is 0.0123 e. The summed E-state index contributed by atoms with van der Waals surface area (Å²) in [6.07, 6.45) is 17.0. The zero-order chi connectivity index (χ0) is 14.6. The van der Waals surface area contributed by atoms with Gasteiger partial charge in [0.15, 0.2) is 0 Å². The van der Waals surface area contributed by atoms with Crippen LogP contribution in [0.5, 0.6) is 0 Å². The summed E-state index contributed by atoms with van der Waals surface area (Å²) in [7, 11) is 0. The van der Waals surface area contributed by atoms with Gasteiger partial charge in [-0.3, -0.25) is 0 Å². The third kappa shape index (κ3) is 14.7. The van der Waals surface area contributed by atoms with E-state index in [9.17, 15) is 0 Å². The maximum atomic E-state index is 6.11. The van der Waals surface area contributed by atoms with Crippen molar-refractivity contribution in [2.24, 2.45) is 11.7 Å². The molecule has 0 saturated heterocycles. The Labute approximate surface area is 134 Å². The Kier molecular flexibility index (Phi) is 16.0. The highest BCUT2D eigenvalue weighted by atomic mass is 35.5. The average Bonchev–Trinajstić information content (AvgIpc) is 2.34. The van der Waals surface area contributed by atoms with Gasteiger partial charge >= 0.3 is 0 Å². The van der Waals surface area contributed by atoms with Crippen LogP contribution in [0.2, 0.25) is 0 Å². The van der Waals surface area contributed by atoms with Crippen LogP contribution in [-0.2, 0) is 0 Å². The SMILES string of the molecule is CCCCCCCCCCCCCC(C)C(C)(C)N.Cl. The van der Waals surface area contributed by atoms with Gasteiger partial charge < -0.3 is 5.73 Å². The van der Waals surface area contributed by atoms with Crippen LogP contribution in [-0.4, -0.2) is 5.54 Å². The summed E-state index contributed by atoms with van der Waals surface area (Å²) < 4.78 is 0. The van der Waals surface area contributed by atoms with Gasteiger partial charge in [-0.25, -0.2) is 0 Å². The second kappa shape index (κ2) is 14.2. The first kappa shape index (κ1) is 22.5.